The predicted octanol–water partition coefficient (Wildman–Crippen LogP) is 2.83. The van der Waals surface area contributed by atoms with Gasteiger partial charge < -0.3 is 14.1 Å². The fraction of sp³-hybridized carbons (Fsp3) is 0.450. The number of nitrogens with zero attached hydrogens (tertiary/aromatic N) is 1. The van der Waals surface area contributed by atoms with E-state index in [1.165, 1.54) is 25.3 Å². The minimum atomic E-state index is -3.72. The quantitative estimate of drug-likeness (QED) is 0.681. The van der Waals surface area contributed by atoms with Crippen molar-refractivity contribution in [1.82, 2.24) is 9.62 Å². The molecular weight excluding hydrogens is 380 g/mol. The first-order valence-electron chi connectivity index (χ1n) is 9.50. The molecule has 1 fully saturated rings. The normalized spacial score (nSPS) is 14.8. The Morgan fingerprint density at radius 2 is 2.00 bits per heavy atom. The average Bonchev–Trinajstić information content (AvgIpc) is 3.24. The molecule has 3 rings (SSSR count). The second-order valence-corrected chi connectivity index (χ2v) is 8.56. The van der Waals surface area contributed by atoms with Gasteiger partial charge >= 0.3 is 0 Å². The van der Waals surface area contributed by atoms with Crippen molar-refractivity contribution in [3.63, 3.8) is 0 Å². The van der Waals surface area contributed by atoms with Gasteiger partial charge in [0.1, 0.15) is 11.5 Å². The third kappa shape index (κ3) is 4.94. The summed E-state index contributed by atoms with van der Waals surface area (Å²) < 4.78 is 38.4. The van der Waals surface area contributed by atoms with Crippen LogP contribution in [0.4, 0.5) is 0 Å². The van der Waals surface area contributed by atoms with Crippen molar-refractivity contribution in [3.05, 3.63) is 47.9 Å². The summed E-state index contributed by atoms with van der Waals surface area (Å²) in [6, 6.07) is 8.06. The highest BCUT2D eigenvalue weighted by Gasteiger charge is 2.24. The minimum Gasteiger partial charge on any atom is -0.496 e. The number of carbonyl (C=O) groups excluding carboxylic acids is 1. The van der Waals surface area contributed by atoms with Crippen LogP contribution >= 0.6 is 0 Å². The lowest BCUT2D eigenvalue weighted by atomic mass is 10.1. The Bertz CT molecular complexity index is 887. The number of furan rings is 1. The second-order valence-electron chi connectivity index (χ2n) is 6.80. The van der Waals surface area contributed by atoms with Crippen LogP contribution in [0.2, 0.25) is 0 Å². The zero-order valence-electron chi connectivity index (χ0n) is 16.0. The molecule has 0 radical (unpaired) electrons. The molecule has 0 unspecified atom stereocenters. The van der Waals surface area contributed by atoms with Crippen molar-refractivity contribution in [2.75, 3.05) is 26.7 Å². The van der Waals surface area contributed by atoms with Crippen LogP contribution in [0.3, 0.4) is 0 Å². The van der Waals surface area contributed by atoms with Crippen LogP contribution in [-0.4, -0.2) is 46.0 Å². The van der Waals surface area contributed by atoms with E-state index in [2.05, 4.69) is 4.72 Å². The van der Waals surface area contributed by atoms with E-state index >= 15 is 0 Å². The largest absolute Gasteiger partial charge is 0.496 e. The van der Waals surface area contributed by atoms with Crippen LogP contribution in [0, 0.1) is 0 Å². The molecule has 0 spiro atoms. The average molecular weight is 407 g/mol. The van der Waals surface area contributed by atoms with Crippen LogP contribution < -0.4 is 9.46 Å². The third-order valence-corrected chi connectivity index (χ3v) is 6.29. The molecule has 1 aliphatic heterocycles. The number of hydrogen-bond donors (Lipinski definition) is 1. The van der Waals surface area contributed by atoms with Crippen molar-refractivity contribution < 1.29 is 22.4 Å². The number of methoxy groups -OCH3 is 1. The molecule has 152 valence electrons. The van der Waals surface area contributed by atoms with Crippen molar-refractivity contribution in [2.45, 2.75) is 37.0 Å². The lowest BCUT2D eigenvalue weighted by Gasteiger charge is -2.27. The summed E-state index contributed by atoms with van der Waals surface area (Å²) in [5.74, 6) is 1.01. The lowest BCUT2D eigenvalue weighted by molar-refractivity contribution is 0.0720. The SMILES string of the molecule is COc1ccc(S(=O)(=O)NCCCc2ccco2)cc1C(=O)N1CCCCC1. The summed E-state index contributed by atoms with van der Waals surface area (Å²) in [4.78, 5) is 14.7. The van der Waals surface area contributed by atoms with E-state index in [1.54, 1.807) is 17.2 Å². The molecule has 1 amide bonds. The number of hydrogen-bond acceptors (Lipinski definition) is 5. The summed E-state index contributed by atoms with van der Waals surface area (Å²) >= 11 is 0. The first kappa shape index (κ1) is 20.4. The number of ether oxygens (including phenoxy) is 1. The monoisotopic (exact) mass is 406 g/mol. The molecule has 0 saturated carbocycles. The van der Waals surface area contributed by atoms with Crippen molar-refractivity contribution in [1.29, 1.82) is 0 Å². The predicted molar refractivity (Wildman–Crippen MR) is 105 cm³/mol. The third-order valence-electron chi connectivity index (χ3n) is 4.83. The fourth-order valence-corrected chi connectivity index (χ4v) is 4.40. The van der Waals surface area contributed by atoms with Gasteiger partial charge in [0.25, 0.3) is 5.91 Å². The summed E-state index contributed by atoms with van der Waals surface area (Å²) in [7, 11) is -2.24. The number of carbonyl (C=O) groups is 1. The zero-order chi connectivity index (χ0) is 20.0. The Hall–Kier alpha value is -2.32. The standard InChI is InChI=1S/C20H26N2O5S/c1-26-19-10-9-17(15-18(19)20(23)22-12-3-2-4-13-22)28(24,25)21-11-5-7-16-8-6-14-27-16/h6,8-10,14-15,21H,2-5,7,11-13H2,1H3. The van der Waals surface area contributed by atoms with Gasteiger partial charge in [-0.1, -0.05) is 0 Å². The molecule has 1 aromatic carbocycles. The van der Waals surface area contributed by atoms with Crippen LogP contribution in [-0.2, 0) is 16.4 Å². The minimum absolute atomic E-state index is 0.0617. The highest BCUT2D eigenvalue weighted by Crippen LogP contribution is 2.25. The van der Waals surface area contributed by atoms with E-state index in [0.29, 0.717) is 31.7 Å². The highest BCUT2D eigenvalue weighted by molar-refractivity contribution is 7.89. The number of piperidine rings is 1. The van der Waals surface area contributed by atoms with Gasteiger partial charge in [0.2, 0.25) is 10.0 Å². The van der Waals surface area contributed by atoms with E-state index in [4.69, 9.17) is 9.15 Å². The van der Waals surface area contributed by atoms with Crippen molar-refractivity contribution in [2.24, 2.45) is 0 Å². The Morgan fingerprint density at radius 1 is 1.21 bits per heavy atom. The van der Waals surface area contributed by atoms with E-state index in [-0.39, 0.29) is 22.9 Å². The molecule has 8 heteroatoms. The molecule has 1 aliphatic rings. The van der Waals surface area contributed by atoms with Gasteiger partial charge in [0, 0.05) is 26.1 Å². The van der Waals surface area contributed by atoms with Gasteiger partial charge in [-0.3, -0.25) is 4.79 Å². The Balaban J connectivity index is 1.70. The lowest BCUT2D eigenvalue weighted by Crippen LogP contribution is -2.36. The van der Waals surface area contributed by atoms with Crippen molar-refractivity contribution >= 4 is 15.9 Å². The maximum atomic E-state index is 12.9. The molecule has 0 aliphatic carbocycles. The molecule has 1 aromatic heterocycles. The van der Waals surface area contributed by atoms with E-state index < -0.39 is 10.0 Å². The number of benzene rings is 1. The molecular formula is C20H26N2O5S. The van der Waals surface area contributed by atoms with E-state index in [0.717, 1.165) is 25.0 Å². The maximum absolute atomic E-state index is 12.9. The van der Waals surface area contributed by atoms with Crippen LogP contribution in [0.25, 0.3) is 0 Å². The van der Waals surface area contributed by atoms with Crippen LogP contribution in [0.5, 0.6) is 5.75 Å². The number of likely N-dealkylation sites (tertiary alicyclic amines) is 1. The van der Waals surface area contributed by atoms with Crippen LogP contribution in [0.15, 0.2) is 45.9 Å². The van der Waals surface area contributed by atoms with Gasteiger partial charge in [-0.05, 0) is 56.0 Å². The Kier molecular flexibility index (Phi) is 6.74. The van der Waals surface area contributed by atoms with Crippen LogP contribution in [0.1, 0.15) is 41.8 Å². The van der Waals surface area contributed by atoms with Gasteiger partial charge in [0.05, 0.1) is 23.8 Å². The van der Waals surface area contributed by atoms with Gasteiger partial charge in [0.15, 0.2) is 0 Å². The summed E-state index contributed by atoms with van der Waals surface area (Å²) in [6.07, 6.45) is 5.89. The number of aryl methyl sites for hydroxylation is 1. The smallest absolute Gasteiger partial charge is 0.257 e. The molecule has 0 atom stereocenters. The highest BCUT2D eigenvalue weighted by atomic mass is 32.2. The topological polar surface area (TPSA) is 88.9 Å². The number of amides is 1. The maximum Gasteiger partial charge on any atom is 0.257 e. The summed E-state index contributed by atoms with van der Waals surface area (Å²) in [5.41, 5.74) is 0.280. The molecule has 2 heterocycles. The molecule has 2 aromatic rings. The Morgan fingerprint density at radius 3 is 2.68 bits per heavy atom. The Labute approximate surface area is 165 Å². The first-order valence-corrected chi connectivity index (χ1v) is 11.0. The summed E-state index contributed by atoms with van der Waals surface area (Å²) in [5, 5.41) is 0. The number of rotatable bonds is 8. The second kappa shape index (κ2) is 9.25. The van der Waals surface area contributed by atoms with Gasteiger partial charge in [-0.2, -0.15) is 0 Å². The number of nitrogens with one attached hydrogen (secondary N) is 1. The molecule has 1 N–H and O–H groups in total. The zero-order valence-corrected chi connectivity index (χ0v) is 16.8. The van der Waals surface area contributed by atoms with E-state index in [1.807, 2.05) is 6.07 Å². The number of sulfonamides is 1. The molecule has 0 bridgehead atoms. The van der Waals surface area contributed by atoms with Gasteiger partial charge in [-0.25, -0.2) is 13.1 Å². The fourth-order valence-electron chi connectivity index (χ4n) is 3.30. The van der Waals surface area contributed by atoms with E-state index in [9.17, 15) is 13.2 Å². The molecule has 7 nitrogen and oxygen atoms in total. The first-order chi connectivity index (χ1) is 13.5. The molecule has 28 heavy (non-hydrogen) atoms. The van der Waals surface area contributed by atoms with Gasteiger partial charge in [-0.15, -0.1) is 0 Å². The van der Waals surface area contributed by atoms with Crippen molar-refractivity contribution in [3.8, 4) is 5.75 Å². The summed E-state index contributed by atoms with van der Waals surface area (Å²) in [6.45, 7) is 1.65. The molecule has 1 saturated heterocycles.